The predicted octanol–water partition coefficient (Wildman–Crippen LogP) is 1.26. The van der Waals surface area contributed by atoms with Crippen LogP contribution in [0.5, 0.6) is 0 Å². The first-order valence-corrected chi connectivity index (χ1v) is 5.30. The molecule has 0 N–H and O–H groups in total. The van der Waals surface area contributed by atoms with E-state index >= 15 is 0 Å². The van der Waals surface area contributed by atoms with Crippen molar-refractivity contribution >= 4 is 5.97 Å². The van der Waals surface area contributed by atoms with E-state index in [2.05, 4.69) is 4.74 Å². The van der Waals surface area contributed by atoms with E-state index in [4.69, 9.17) is 9.47 Å². The summed E-state index contributed by atoms with van der Waals surface area (Å²) in [5, 5.41) is 0. The van der Waals surface area contributed by atoms with Crippen LogP contribution in [-0.2, 0) is 19.0 Å². The molecule has 2 aliphatic heterocycles. The van der Waals surface area contributed by atoms with Crippen LogP contribution >= 0.6 is 0 Å². The SMILES string of the molecule is COC(=O)C1=CC2OCCC[C@H]2[C@H](C)O1. The van der Waals surface area contributed by atoms with Crippen molar-refractivity contribution in [2.75, 3.05) is 13.7 Å². The highest BCUT2D eigenvalue weighted by molar-refractivity contribution is 5.86. The Morgan fingerprint density at radius 3 is 3.13 bits per heavy atom. The first kappa shape index (κ1) is 10.5. The molecule has 0 amide bonds. The van der Waals surface area contributed by atoms with Crippen molar-refractivity contribution in [1.29, 1.82) is 0 Å². The zero-order valence-corrected chi connectivity index (χ0v) is 9.06. The molecule has 0 spiro atoms. The molecule has 0 bridgehead atoms. The second-order valence-corrected chi connectivity index (χ2v) is 3.99. The lowest BCUT2D eigenvalue weighted by Crippen LogP contribution is -2.40. The van der Waals surface area contributed by atoms with Crippen molar-refractivity contribution < 1.29 is 19.0 Å². The zero-order valence-electron chi connectivity index (χ0n) is 9.06. The summed E-state index contributed by atoms with van der Waals surface area (Å²) in [5.41, 5.74) is 0. The molecule has 15 heavy (non-hydrogen) atoms. The normalized spacial score (nSPS) is 34.8. The van der Waals surface area contributed by atoms with Gasteiger partial charge in [-0.15, -0.1) is 0 Å². The van der Waals surface area contributed by atoms with Gasteiger partial charge in [0.05, 0.1) is 13.2 Å². The Bertz CT molecular complexity index is 284. The molecule has 1 fully saturated rings. The van der Waals surface area contributed by atoms with Crippen LogP contribution in [0.3, 0.4) is 0 Å². The third kappa shape index (κ3) is 2.00. The van der Waals surface area contributed by atoms with E-state index < -0.39 is 5.97 Å². The number of hydrogen-bond donors (Lipinski definition) is 0. The Kier molecular flexibility index (Phi) is 2.95. The Morgan fingerprint density at radius 2 is 2.40 bits per heavy atom. The number of rotatable bonds is 1. The molecule has 2 heterocycles. The lowest BCUT2D eigenvalue weighted by molar-refractivity contribution is -0.145. The fourth-order valence-electron chi connectivity index (χ4n) is 2.19. The molecular formula is C11H16O4. The van der Waals surface area contributed by atoms with Gasteiger partial charge in [-0.25, -0.2) is 4.79 Å². The average Bonchev–Trinajstić information content (AvgIpc) is 2.28. The van der Waals surface area contributed by atoms with Gasteiger partial charge in [0.2, 0.25) is 5.76 Å². The summed E-state index contributed by atoms with van der Waals surface area (Å²) in [6, 6.07) is 0. The maximum atomic E-state index is 11.3. The van der Waals surface area contributed by atoms with Crippen LogP contribution in [0.4, 0.5) is 0 Å². The van der Waals surface area contributed by atoms with Crippen LogP contribution in [0.25, 0.3) is 0 Å². The summed E-state index contributed by atoms with van der Waals surface area (Å²) in [7, 11) is 1.35. The van der Waals surface area contributed by atoms with Gasteiger partial charge in [-0.1, -0.05) is 0 Å². The molecule has 0 saturated carbocycles. The van der Waals surface area contributed by atoms with Crippen LogP contribution in [0.15, 0.2) is 11.8 Å². The third-order valence-corrected chi connectivity index (χ3v) is 3.03. The van der Waals surface area contributed by atoms with Gasteiger partial charge in [-0.05, 0) is 25.8 Å². The number of hydrogen-bond acceptors (Lipinski definition) is 4. The topological polar surface area (TPSA) is 44.8 Å². The Labute approximate surface area is 89.2 Å². The predicted molar refractivity (Wildman–Crippen MR) is 53.1 cm³/mol. The van der Waals surface area contributed by atoms with E-state index in [0.29, 0.717) is 5.92 Å². The number of esters is 1. The summed E-state index contributed by atoms with van der Waals surface area (Å²) in [4.78, 5) is 11.3. The van der Waals surface area contributed by atoms with Gasteiger partial charge in [-0.3, -0.25) is 0 Å². The van der Waals surface area contributed by atoms with Crippen LogP contribution in [0.1, 0.15) is 19.8 Å². The summed E-state index contributed by atoms with van der Waals surface area (Å²) < 4.78 is 15.8. The summed E-state index contributed by atoms with van der Waals surface area (Å²) >= 11 is 0. The Morgan fingerprint density at radius 1 is 1.60 bits per heavy atom. The van der Waals surface area contributed by atoms with Crippen LogP contribution in [-0.4, -0.2) is 31.9 Å². The monoisotopic (exact) mass is 212 g/mol. The molecule has 4 nitrogen and oxygen atoms in total. The maximum absolute atomic E-state index is 11.3. The van der Waals surface area contributed by atoms with Gasteiger partial charge in [0.15, 0.2) is 0 Å². The molecule has 0 aromatic heterocycles. The molecule has 1 saturated heterocycles. The van der Waals surface area contributed by atoms with Gasteiger partial charge in [0.1, 0.15) is 6.10 Å². The largest absolute Gasteiger partial charge is 0.483 e. The molecule has 1 unspecified atom stereocenters. The second kappa shape index (κ2) is 4.23. The van der Waals surface area contributed by atoms with E-state index in [9.17, 15) is 4.79 Å². The van der Waals surface area contributed by atoms with Crippen molar-refractivity contribution in [1.82, 2.24) is 0 Å². The molecule has 2 rings (SSSR count). The lowest BCUT2D eigenvalue weighted by Gasteiger charge is -2.37. The van der Waals surface area contributed by atoms with Crippen molar-refractivity contribution in [2.45, 2.75) is 32.0 Å². The van der Waals surface area contributed by atoms with E-state index in [0.717, 1.165) is 19.4 Å². The van der Waals surface area contributed by atoms with Crippen LogP contribution in [0, 0.1) is 5.92 Å². The lowest BCUT2D eigenvalue weighted by atomic mass is 9.87. The first-order valence-electron chi connectivity index (χ1n) is 5.30. The average molecular weight is 212 g/mol. The van der Waals surface area contributed by atoms with Crippen LogP contribution in [0.2, 0.25) is 0 Å². The molecule has 2 aliphatic rings. The fourth-order valence-corrected chi connectivity index (χ4v) is 2.19. The molecule has 3 atom stereocenters. The van der Waals surface area contributed by atoms with E-state index in [1.807, 2.05) is 6.92 Å². The van der Waals surface area contributed by atoms with Gasteiger partial charge in [-0.2, -0.15) is 0 Å². The minimum atomic E-state index is -0.422. The van der Waals surface area contributed by atoms with E-state index in [-0.39, 0.29) is 18.0 Å². The van der Waals surface area contributed by atoms with Gasteiger partial charge >= 0.3 is 5.97 Å². The molecule has 0 aromatic carbocycles. The molecule has 0 radical (unpaired) electrons. The first-order chi connectivity index (χ1) is 7.22. The van der Waals surface area contributed by atoms with Crippen molar-refractivity contribution in [3.63, 3.8) is 0 Å². The number of carbonyl (C=O) groups is 1. The van der Waals surface area contributed by atoms with Gasteiger partial charge < -0.3 is 14.2 Å². The van der Waals surface area contributed by atoms with Crippen LogP contribution < -0.4 is 0 Å². The summed E-state index contributed by atoms with van der Waals surface area (Å²) in [5.74, 6) is 0.231. The molecule has 0 aromatic rings. The second-order valence-electron chi connectivity index (χ2n) is 3.99. The Hall–Kier alpha value is -1.03. The highest BCUT2D eigenvalue weighted by Crippen LogP contribution is 2.32. The van der Waals surface area contributed by atoms with E-state index in [1.54, 1.807) is 6.08 Å². The highest BCUT2D eigenvalue weighted by atomic mass is 16.6. The molecule has 4 heteroatoms. The van der Waals surface area contributed by atoms with E-state index in [1.165, 1.54) is 7.11 Å². The minimum absolute atomic E-state index is 0.0107. The molecule has 84 valence electrons. The minimum Gasteiger partial charge on any atom is -0.483 e. The molecular weight excluding hydrogens is 196 g/mol. The van der Waals surface area contributed by atoms with Gasteiger partial charge in [0, 0.05) is 12.5 Å². The standard InChI is InChI=1S/C11H16O4/c1-7-8-4-3-5-14-9(8)6-10(15-7)11(12)13-2/h6-9H,3-5H2,1-2H3/t7-,8-,9?/m0/s1. The zero-order chi connectivity index (χ0) is 10.8. The number of ether oxygens (including phenoxy) is 3. The van der Waals surface area contributed by atoms with Gasteiger partial charge in [0.25, 0.3) is 0 Å². The number of methoxy groups -OCH3 is 1. The van der Waals surface area contributed by atoms with Crippen molar-refractivity contribution in [2.24, 2.45) is 5.92 Å². The smallest absolute Gasteiger partial charge is 0.373 e. The Balaban J connectivity index is 2.15. The number of carbonyl (C=O) groups excluding carboxylic acids is 1. The van der Waals surface area contributed by atoms with Crippen molar-refractivity contribution in [3.05, 3.63) is 11.8 Å². The number of fused-ring (bicyclic) bond motifs is 1. The summed E-state index contributed by atoms with van der Waals surface area (Å²) in [6.07, 6.45) is 3.94. The fraction of sp³-hybridized carbons (Fsp3) is 0.727. The highest BCUT2D eigenvalue weighted by Gasteiger charge is 2.36. The summed E-state index contributed by atoms with van der Waals surface area (Å²) in [6.45, 7) is 2.74. The maximum Gasteiger partial charge on any atom is 0.373 e. The quantitative estimate of drug-likeness (QED) is 0.614. The molecule has 0 aliphatic carbocycles. The van der Waals surface area contributed by atoms with Crippen molar-refractivity contribution in [3.8, 4) is 0 Å². The third-order valence-electron chi connectivity index (χ3n) is 3.03.